The SMILES string of the molecule is c1ccc(-c2c(-c3ccc(-c4c5oc6ccccc6c5cc5c4oc4ccccc45)cc3)nc3ccccn23)cc1. The number of nitrogens with zero attached hydrogens (tertiary/aromatic N) is 2. The van der Waals surface area contributed by atoms with Crippen molar-refractivity contribution in [2.75, 3.05) is 0 Å². The van der Waals surface area contributed by atoms with E-state index >= 15 is 0 Å². The molecule has 0 aliphatic carbocycles. The molecule has 4 heteroatoms. The van der Waals surface area contributed by atoms with Gasteiger partial charge in [0, 0.05) is 38.9 Å². The number of hydrogen-bond donors (Lipinski definition) is 0. The van der Waals surface area contributed by atoms with E-state index in [1.807, 2.05) is 48.5 Å². The molecule has 9 rings (SSSR count). The minimum Gasteiger partial charge on any atom is -0.455 e. The zero-order valence-electron chi connectivity index (χ0n) is 21.9. The van der Waals surface area contributed by atoms with E-state index in [9.17, 15) is 0 Å². The standard InChI is InChI=1S/C37H22N2O2/c1-2-10-25(11-3-1)35-34(38-32-16-8-9-21-39(32)35)24-19-17-23(18-20-24)33-36-28(26-12-4-6-14-30(26)40-36)22-29-27-13-5-7-15-31(27)41-37(29)33/h1-22H. The molecule has 0 amide bonds. The van der Waals surface area contributed by atoms with E-state index in [2.05, 4.69) is 89.5 Å². The average Bonchev–Trinajstić information content (AvgIpc) is 3.72. The molecule has 0 saturated heterocycles. The predicted octanol–water partition coefficient (Wildman–Crippen LogP) is 10.1. The van der Waals surface area contributed by atoms with Crippen LogP contribution in [0.4, 0.5) is 0 Å². The molecule has 9 aromatic rings. The number of aromatic nitrogens is 2. The third-order valence-corrected chi connectivity index (χ3v) is 8.03. The molecule has 192 valence electrons. The van der Waals surface area contributed by atoms with Crippen molar-refractivity contribution in [1.29, 1.82) is 0 Å². The van der Waals surface area contributed by atoms with E-state index in [-0.39, 0.29) is 0 Å². The fourth-order valence-electron chi connectivity index (χ4n) is 6.16. The number of furan rings is 2. The molecule has 4 aromatic heterocycles. The van der Waals surface area contributed by atoms with Gasteiger partial charge in [-0.05, 0) is 35.9 Å². The van der Waals surface area contributed by atoms with Gasteiger partial charge in [-0.1, -0.05) is 97.1 Å². The summed E-state index contributed by atoms with van der Waals surface area (Å²) in [5, 5.41) is 4.38. The normalized spacial score (nSPS) is 11.9. The topological polar surface area (TPSA) is 43.6 Å². The average molecular weight is 527 g/mol. The predicted molar refractivity (Wildman–Crippen MR) is 166 cm³/mol. The largest absolute Gasteiger partial charge is 0.455 e. The van der Waals surface area contributed by atoms with Gasteiger partial charge in [0.2, 0.25) is 0 Å². The first-order chi connectivity index (χ1) is 20.3. The van der Waals surface area contributed by atoms with Crippen molar-refractivity contribution >= 4 is 49.5 Å². The Hall–Kier alpha value is -5.61. The van der Waals surface area contributed by atoms with Crippen molar-refractivity contribution in [1.82, 2.24) is 9.38 Å². The quantitative estimate of drug-likeness (QED) is 0.230. The lowest BCUT2D eigenvalue weighted by atomic mass is 9.96. The van der Waals surface area contributed by atoms with Crippen molar-refractivity contribution in [3.05, 3.63) is 134 Å². The summed E-state index contributed by atoms with van der Waals surface area (Å²) in [7, 11) is 0. The first kappa shape index (κ1) is 22.2. The van der Waals surface area contributed by atoms with Crippen LogP contribution < -0.4 is 0 Å². The Morgan fingerprint density at radius 1 is 0.488 bits per heavy atom. The smallest absolute Gasteiger partial charge is 0.147 e. The van der Waals surface area contributed by atoms with Gasteiger partial charge < -0.3 is 8.83 Å². The molecule has 0 atom stereocenters. The summed E-state index contributed by atoms with van der Waals surface area (Å²) in [6.07, 6.45) is 2.07. The number of para-hydroxylation sites is 2. The highest BCUT2D eigenvalue weighted by Gasteiger charge is 2.22. The van der Waals surface area contributed by atoms with Gasteiger partial charge in [0.25, 0.3) is 0 Å². The van der Waals surface area contributed by atoms with Gasteiger partial charge in [-0.15, -0.1) is 0 Å². The lowest BCUT2D eigenvalue weighted by Gasteiger charge is -2.08. The summed E-state index contributed by atoms with van der Waals surface area (Å²) >= 11 is 0. The van der Waals surface area contributed by atoms with Gasteiger partial charge in [-0.2, -0.15) is 0 Å². The van der Waals surface area contributed by atoms with Crippen LogP contribution in [0.1, 0.15) is 0 Å². The molecule has 5 aromatic carbocycles. The summed E-state index contributed by atoms with van der Waals surface area (Å²) in [6, 6.07) is 43.8. The third-order valence-electron chi connectivity index (χ3n) is 8.03. The number of benzene rings is 5. The second-order valence-corrected chi connectivity index (χ2v) is 10.4. The molecule has 0 aliphatic rings. The molecule has 4 nitrogen and oxygen atoms in total. The van der Waals surface area contributed by atoms with Crippen molar-refractivity contribution in [2.45, 2.75) is 0 Å². The van der Waals surface area contributed by atoms with E-state index in [4.69, 9.17) is 13.8 Å². The fraction of sp³-hybridized carbons (Fsp3) is 0. The first-order valence-corrected chi connectivity index (χ1v) is 13.7. The van der Waals surface area contributed by atoms with E-state index in [1.165, 1.54) is 0 Å². The molecule has 0 bridgehead atoms. The molecule has 0 aliphatic heterocycles. The van der Waals surface area contributed by atoms with Crippen LogP contribution in [-0.4, -0.2) is 9.38 Å². The molecule has 4 heterocycles. The number of imidazole rings is 1. The first-order valence-electron chi connectivity index (χ1n) is 13.7. The Balaban J connectivity index is 1.29. The van der Waals surface area contributed by atoms with Gasteiger partial charge in [0.15, 0.2) is 0 Å². The van der Waals surface area contributed by atoms with Gasteiger partial charge >= 0.3 is 0 Å². The Kier molecular flexibility index (Phi) is 4.58. The van der Waals surface area contributed by atoms with Crippen LogP contribution in [0, 0.1) is 0 Å². The van der Waals surface area contributed by atoms with Gasteiger partial charge in [-0.25, -0.2) is 4.98 Å². The maximum Gasteiger partial charge on any atom is 0.147 e. The van der Waals surface area contributed by atoms with Crippen LogP contribution in [0.2, 0.25) is 0 Å². The summed E-state index contributed by atoms with van der Waals surface area (Å²) in [6.45, 7) is 0. The summed E-state index contributed by atoms with van der Waals surface area (Å²) in [4.78, 5) is 5.05. The van der Waals surface area contributed by atoms with Crippen molar-refractivity contribution in [3.63, 3.8) is 0 Å². The zero-order chi connectivity index (χ0) is 26.9. The molecule has 41 heavy (non-hydrogen) atoms. The Morgan fingerprint density at radius 2 is 1.07 bits per heavy atom. The molecule has 0 N–H and O–H groups in total. The van der Waals surface area contributed by atoms with Crippen LogP contribution in [0.15, 0.2) is 142 Å². The second-order valence-electron chi connectivity index (χ2n) is 10.4. The highest BCUT2D eigenvalue weighted by Crippen LogP contribution is 2.44. The lowest BCUT2D eigenvalue weighted by molar-refractivity contribution is 0.658. The third kappa shape index (κ3) is 3.25. The summed E-state index contributed by atoms with van der Waals surface area (Å²) in [5.74, 6) is 0. The molecule has 0 fully saturated rings. The van der Waals surface area contributed by atoms with Gasteiger partial charge in [0.1, 0.15) is 28.0 Å². The van der Waals surface area contributed by atoms with Gasteiger partial charge in [0.05, 0.1) is 17.0 Å². The molecule has 0 saturated carbocycles. The Bertz CT molecular complexity index is 2320. The fourth-order valence-corrected chi connectivity index (χ4v) is 6.16. The zero-order valence-corrected chi connectivity index (χ0v) is 21.9. The van der Waals surface area contributed by atoms with Crippen molar-refractivity contribution in [3.8, 4) is 33.6 Å². The monoisotopic (exact) mass is 526 g/mol. The van der Waals surface area contributed by atoms with Crippen molar-refractivity contribution < 1.29 is 8.83 Å². The summed E-state index contributed by atoms with van der Waals surface area (Å²) < 4.78 is 15.2. The maximum atomic E-state index is 6.50. The van der Waals surface area contributed by atoms with E-state index in [0.717, 1.165) is 83.2 Å². The Morgan fingerprint density at radius 3 is 1.76 bits per heavy atom. The number of pyridine rings is 1. The second kappa shape index (κ2) is 8.44. The van der Waals surface area contributed by atoms with E-state index < -0.39 is 0 Å². The molecular weight excluding hydrogens is 504 g/mol. The number of rotatable bonds is 3. The minimum atomic E-state index is 0.836. The van der Waals surface area contributed by atoms with Crippen LogP contribution >= 0.6 is 0 Å². The number of fused-ring (bicyclic) bond motifs is 7. The molecule has 0 radical (unpaired) electrons. The van der Waals surface area contributed by atoms with Gasteiger partial charge in [-0.3, -0.25) is 4.40 Å². The van der Waals surface area contributed by atoms with Crippen LogP contribution in [0.3, 0.4) is 0 Å². The highest BCUT2D eigenvalue weighted by atomic mass is 16.3. The van der Waals surface area contributed by atoms with Crippen LogP contribution in [0.5, 0.6) is 0 Å². The summed E-state index contributed by atoms with van der Waals surface area (Å²) in [5.41, 5.74) is 10.5. The minimum absolute atomic E-state index is 0.836. The van der Waals surface area contributed by atoms with Crippen molar-refractivity contribution in [2.24, 2.45) is 0 Å². The lowest BCUT2D eigenvalue weighted by Crippen LogP contribution is -1.89. The molecule has 0 spiro atoms. The van der Waals surface area contributed by atoms with E-state index in [1.54, 1.807) is 0 Å². The van der Waals surface area contributed by atoms with Crippen LogP contribution in [0.25, 0.3) is 83.2 Å². The molecule has 0 unspecified atom stereocenters. The van der Waals surface area contributed by atoms with E-state index in [0.29, 0.717) is 0 Å². The molecular formula is C37H22N2O2. The number of hydrogen-bond acceptors (Lipinski definition) is 3. The Labute approximate surface area is 234 Å². The van der Waals surface area contributed by atoms with Crippen LogP contribution in [-0.2, 0) is 0 Å². The highest BCUT2D eigenvalue weighted by molar-refractivity contribution is 6.22. The maximum absolute atomic E-state index is 6.50.